The topological polar surface area (TPSA) is 88.6 Å². The van der Waals surface area contributed by atoms with E-state index in [1.165, 1.54) is 11.3 Å². The molecule has 1 amide bonds. The molecule has 1 aromatic heterocycles. The van der Waals surface area contributed by atoms with Crippen LogP contribution >= 0.6 is 11.3 Å². The van der Waals surface area contributed by atoms with Crippen LogP contribution in [0.4, 0.5) is 5.13 Å². The number of hydrogen-bond acceptors (Lipinski definition) is 7. The van der Waals surface area contributed by atoms with Gasteiger partial charge in [0.05, 0.1) is 29.9 Å². The first-order valence-electron chi connectivity index (χ1n) is 8.79. The van der Waals surface area contributed by atoms with Crippen molar-refractivity contribution in [2.24, 2.45) is 0 Å². The third-order valence-electron chi connectivity index (χ3n) is 4.71. The molecule has 1 aliphatic carbocycles. The van der Waals surface area contributed by atoms with Crippen LogP contribution in [-0.2, 0) is 25.9 Å². The number of thiazole rings is 1. The molecule has 0 aromatic carbocycles. The van der Waals surface area contributed by atoms with E-state index in [0.717, 1.165) is 64.2 Å². The molecule has 0 radical (unpaired) electrons. The van der Waals surface area contributed by atoms with Crippen molar-refractivity contribution in [1.29, 1.82) is 0 Å². The van der Waals surface area contributed by atoms with Gasteiger partial charge >= 0.3 is 0 Å². The molecule has 0 unspecified atom stereocenters. The fraction of sp³-hybridized carbons (Fsp3) is 0.750. The van der Waals surface area contributed by atoms with Gasteiger partial charge in [-0.2, -0.15) is 0 Å². The Bertz CT molecular complexity index is 677. The maximum absolute atomic E-state index is 12.2. The fourth-order valence-electron chi connectivity index (χ4n) is 3.26. The van der Waals surface area contributed by atoms with Crippen LogP contribution in [0.2, 0.25) is 0 Å². The van der Waals surface area contributed by atoms with Crippen LogP contribution in [0.25, 0.3) is 0 Å². The highest BCUT2D eigenvalue weighted by molar-refractivity contribution is 7.92. The first-order valence-corrected chi connectivity index (χ1v) is 11.4. The van der Waals surface area contributed by atoms with E-state index in [9.17, 15) is 13.2 Å². The molecule has 0 spiro atoms. The number of aromatic nitrogens is 1. The first kappa shape index (κ1) is 18.8. The number of nitrogens with one attached hydrogen (secondary N) is 1. The van der Waals surface area contributed by atoms with Crippen molar-refractivity contribution in [3.8, 4) is 0 Å². The van der Waals surface area contributed by atoms with Crippen molar-refractivity contribution < 1.29 is 17.9 Å². The van der Waals surface area contributed by atoms with Crippen LogP contribution < -0.4 is 5.32 Å². The second-order valence-corrected chi connectivity index (χ2v) is 9.86. The maximum atomic E-state index is 12.2. The summed E-state index contributed by atoms with van der Waals surface area (Å²) in [5, 5.41) is 4.94. The number of rotatable bonds is 7. The minimum atomic E-state index is -3.16. The Morgan fingerprint density at radius 1 is 1.32 bits per heavy atom. The summed E-state index contributed by atoms with van der Waals surface area (Å²) >= 11 is 1.37. The molecule has 1 aliphatic heterocycles. The van der Waals surface area contributed by atoms with Gasteiger partial charge < -0.3 is 10.1 Å². The number of morpholine rings is 1. The van der Waals surface area contributed by atoms with Gasteiger partial charge in [-0.3, -0.25) is 9.69 Å². The van der Waals surface area contributed by atoms with Gasteiger partial charge in [0.25, 0.3) is 0 Å². The normalized spacial score (nSPS) is 20.0. The Morgan fingerprint density at radius 3 is 2.76 bits per heavy atom. The minimum absolute atomic E-state index is 0.00277. The number of anilines is 1. The lowest BCUT2D eigenvalue weighted by Gasteiger charge is -2.25. The zero-order chi connectivity index (χ0) is 17.7. The highest BCUT2D eigenvalue weighted by atomic mass is 32.2. The Balaban J connectivity index is 1.44. The quantitative estimate of drug-likeness (QED) is 0.765. The fourth-order valence-corrected chi connectivity index (χ4v) is 5.83. The van der Waals surface area contributed by atoms with E-state index in [0.29, 0.717) is 5.13 Å². The molecule has 2 fully saturated rings. The highest BCUT2D eigenvalue weighted by Crippen LogP contribution is 2.25. The molecule has 3 rings (SSSR count). The molecule has 0 atom stereocenters. The Kier molecular flexibility index (Phi) is 6.43. The summed E-state index contributed by atoms with van der Waals surface area (Å²) < 4.78 is 29.7. The Morgan fingerprint density at radius 2 is 2.04 bits per heavy atom. The molecule has 1 saturated carbocycles. The van der Waals surface area contributed by atoms with E-state index in [-0.39, 0.29) is 23.3 Å². The van der Waals surface area contributed by atoms with Crippen molar-refractivity contribution in [3.63, 3.8) is 0 Å². The number of amides is 1. The summed E-state index contributed by atoms with van der Waals surface area (Å²) in [6.07, 6.45) is 3.42. The van der Waals surface area contributed by atoms with Crippen LogP contribution in [0, 0.1) is 0 Å². The van der Waals surface area contributed by atoms with E-state index in [4.69, 9.17) is 4.74 Å². The molecule has 25 heavy (non-hydrogen) atoms. The molecule has 0 bridgehead atoms. The number of ether oxygens (including phenoxy) is 1. The average molecular weight is 388 g/mol. The number of carbonyl (C=O) groups is 1. The van der Waals surface area contributed by atoms with E-state index in [1.54, 1.807) is 0 Å². The van der Waals surface area contributed by atoms with Crippen molar-refractivity contribution in [3.05, 3.63) is 11.1 Å². The minimum Gasteiger partial charge on any atom is -0.379 e. The summed E-state index contributed by atoms with van der Waals surface area (Å²) in [7, 11) is -3.16. The van der Waals surface area contributed by atoms with Gasteiger partial charge in [0.2, 0.25) is 5.91 Å². The summed E-state index contributed by atoms with van der Waals surface area (Å²) in [5.74, 6) is -0.357. The zero-order valence-electron chi connectivity index (χ0n) is 14.3. The number of hydrogen-bond donors (Lipinski definition) is 1. The van der Waals surface area contributed by atoms with Crippen molar-refractivity contribution >= 4 is 32.2 Å². The van der Waals surface area contributed by atoms with Gasteiger partial charge in [0, 0.05) is 31.4 Å². The van der Waals surface area contributed by atoms with Crippen LogP contribution in [0.5, 0.6) is 0 Å². The summed E-state index contributed by atoms with van der Waals surface area (Å²) in [5.41, 5.74) is 0.917. The monoisotopic (exact) mass is 387 g/mol. The number of carbonyl (C=O) groups excluding carboxylic acids is 1. The van der Waals surface area contributed by atoms with Gasteiger partial charge in [-0.25, -0.2) is 13.4 Å². The largest absolute Gasteiger partial charge is 0.379 e. The predicted molar refractivity (Wildman–Crippen MR) is 97.5 cm³/mol. The molecule has 1 aromatic rings. The van der Waals surface area contributed by atoms with Crippen LogP contribution in [0.15, 0.2) is 5.38 Å². The van der Waals surface area contributed by atoms with Gasteiger partial charge in [-0.05, 0) is 12.8 Å². The van der Waals surface area contributed by atoms with Crippen LogP contribution in [-0.4, -0.2) is 61.5 Å². The number of nitrogens with zero attached hydrogens (tertiary/aromatic N) is 2. The van der Waals surface area contributed by atoms with E-state index < -0.39 is 9.84 Å². The maximum Gasteiger partial charge on any atom is 0.227 e. The molecular weight excluding hydrogens is 362 g/mol. The van der Waals surface area contributed by atoms with E-state index in [1.807, 2.05) is 5.38 Å². The lowest BCUT2D eigenvalue weighted by Crippen LogP contribution is -2.35. The smallest absolute Gasteiger partial charge is 0.227 e. The molecule has 140 valence electrons. The Labute approximate surface area is 152 Å². The molecule has 2 aliphatic rings. The molecular formula is C16H25N3O4S2. The molecule has 2 heterocycles. The second-order valence-electron chi connectivity index (χ2n) is 6.60. The SMILES string of the molecule is O=C(CCS(=O)(=O)C1CCCC1)Nc1nc(CN2CCOCC2)cs1. The van der Waals surface area contributed by atoms with Crippen molar-refractivity contribution in [2.45, 2.75) is 43.9 Å². The first-order chi connectivity index (χ1) is 12.0. The van der Waals surface area contributed by atoms with Crippen LogP contribution in [0.1, 0.15) is 37.8 Å². The molecule has 1 saturated heterocycles. The van der Waals surface area contributed by atoms with Gasteiger partial charge in [-0.15, -0.1) is 11.3 Å². The van der Waals surface area contributed by atoms with Crippen molar-refractivity contribution in [1.82, 2.24) is 9.88 Å². The summed E-state index contributed by atoms with van der Waals surface area (Å²) in [6, 6.07) is 0. The van der Waals surface area contributed by atoms with E-state index >= 15 is 0 Å². The highest BCUT2D eigenvalue weighted by Gasteiger charge is 2.28. The van der Waals surface area contributed by atoms with Crippen LogP contribution in [0.3, 0.4) is 0 Å². The summed E-state index contributed by atoms with van der Waals surface area (Å²) in [6.45, 7) is 3.99. The molecule has 7 nitrogen and oxygen atoms in total. The van der Waals surface area contributed by atoms with Gasteiger partial charge in [0.1, 0.15) is 0 Å². The second kappa shape index (κ2) is 8.57. The molecule has 1 N–H and O–H groups in total. The third-order valence-corrected chi connectivity index (χ3v) is 7.78. The average Bonchev–Trinajstić information content (AvgIpc) is 3.27. The predicted octanol–water partition coefficient (Wildman–Crippen LogP) is 1.66. The standard InChI is InChI=1S/C16H25N3O4S2/c20-15(5-10-25(21,22)14-3-1-2-4-14)18-16-17-13(12-24-16)11-19-6-8-23-9-7-19/h12,14H,1-11H2,(H,17,18,20). The zero-order valence-corrected chi connectivity index (χ0v) is 15.9. The molecule has 9 heteroatoms. The van der Waals surface area contributed by atoms with Gasteiger partial charge in [-0.1, -0.05) is 12.8 Å². The van der Waals surface area contributed by atoms with Gasteiger partial charge in [0.15, 0.2) is 15.0 Å². The Hall–Kier alpha value is -1.03. The lowest BCUT2D eigenvalue weighted by molar-refractivity contribution is -0.115. The van der Waals surface area contributed by atoms with Crippen molar-refractivity contribution in [2.75, 3.05) is 37.4 Å². The van der Waals surface area contributed by atoms with E-state index in [2.05, 4.69) is 15.2 Å². The third kappa shape index (κ3) is 5.47. The lowest BCUT2D eigenvalue weighted by atomic mass is 10.4. The summed E-state index contributed by atoms with van der Waals surface area (Å²) in [4.78, 5) is 18.7. The number of sulfone groups is 1.